The van der Waals surface area contributed by atoms with Crippen LogP contribution in [0.2, 0.25) is 0 Å². The maximum absolute atomic E-state index is 14.6. The Labute approximate surface area is 603 Å². The Hall–Kier alpha value is -8.58. The van der Waals surface area contributed by atoms with Gasteiger partial charge in [-0.15, -0.1) is 0 Å². The molecule has 30 nitrogen and oxygen atoms in total. The molecule has 0 aliphatic carbocycles. The van der Waals surface area contributed by atoms with Crippen LogP contribution in [0.4, 0.5) is 5.69 Å². The fraction of sp³-hybridized carbons (Fsp3) is 0.644. The van der Waals surface area contributed by atoms with Gasteiger partial charge < -0.3 is 75.4 Å². The molecule has 0 bridgehead atoms. The van der Waals surface area contributed by atoms with E-state index in [4.69, 9.17) is 28.8 Å². The van der Waals surface area contributed by atoms with Crippen LogP contribution in [0.1, 0.15) is 139 Å². The zero-order chi connectivity index (χ0) is 77.5. The van der Waals surface area contributed by atoms with Gasteiger partial charge in [0.25, 0.3) is 0 Å². The maximum Gasteiger partial charge on any atom is 0.328 e. The molecule has 103 heavy (non-hydrogen) atoms. The quantitative estimate of drug-likeness (QED) is 0.0232. The first kappa shape index (κ1) is 88.6. The summed E-state index contributed by atoms with van der Waals surface area (Å²) in [6.45, 7) is 19.1. The molecular weight excluding hydrogens is 1340 g/mol. The molecule has 1 aromatic rings. The highest BCUT2D eigenvalue weighted by molar-refractivity contribution is 6.01. The number of allylic oxidation sites excluding steroid dienone is 1. The lowest BCUT2D eigenvalue weighted by molar-refractivity contribution is -0.149. The summed E-state index contributed by atoms with van der Waals surface area (Å²) in [6, 6.07) is -1.96. The van der Waals surface area contributed by atoms with Gasteiger partial charge in [0.15, 0.2) is 23.1 Å². The minimum absolute atomic E-state index is 0.00800. The highest BCUT2D eigenvalue weighted by Gasteiger charge is 2.44. The molecule has 2 heterocycles. The topological polar surface area (TPSA) is 416 Å². The minimum atomic E-state index is -1.79. The van der Waals surface area contributed by atoms with Crippen LogP contribution in [0.3, 0.4) is 0 Å². The van der Waals surface area contributed by atoms with Crippen molar-refractivity contribution in [2.45, 2.75) is 188 Å². The van der Waals surface area contributed by atoms with Crippen molar-refractivity contribution in [1.29, 1.82) is 0 Å². The first-order valence-electron chi connectivity index (χ1n) is 35.0. The Kier molecular flexibility index (Phi) is 38.0. The van der Waals surface area contributed by atoms with Crippen molar-refractivity contribution in [3.05, 3.63) is 60.3 Å². The number of carbonyl (C=O) groups excluding carboxylic acids is 11. The molecule has 8 N–H and O–H groups in total. The number of carboxylic acids is 3. The molecule has 0 spiro atoms. The molecule has 0 saturated carbocycles. The van der Waals surface area contributed by atoms with E-state index in [9.17, 15) is 77.3 Å². The van der Waals surface area contributed by atoms with E-state index in [1.807, 2.05) is 60.5 Å². The van der Waals surface area contributed by atoms with Gasteiger partial charge in [-0.2, -0.15) is 0 Å². The first-order valence-corrected chi connectivity index (χ1v) is 35.0. The predicted octanol–water partition coefficient (Wildman–Crippen LogP) is 4.10. The number of carboxylic acid groups (broad SMARTS) is 3. The van der Waals surface area contributed by atoms with Crippen molar-refractivity contribution in [1.82, 2.24) is 36.0 Å². The number of likely N-dealkylation sites (tertiary alicyclic amines) is 1. The Morgan fingerprint density at radius 2 is 1.40 bits per heavy atom. The summed E-state index contributed by atoms with van der Waals surface area (Å²) in [5.74, 6) is -15.3. The molecule has 2 aliphatic heterocycles. The second-order valence-electron chi connectivity index (χ2n) is 27.4. The fourth-order valence-electron chi connectivity index (χ4n) is 12.9. The molecule has 3 rings (SSSR count). The van der Waals surface area contributed by atoms with E-state index in [-0.39, 0.29) is 142 Å². The number of likely N-dealkylation sites (N-methyl/N-ethyl adjacent to an activating group) is 2. The summed E-state index contributed by atoms with van der Waals surface area (Å²) in [5, 5.41) is 41.7. The van der Waals surface area contributed by atoms with Gasteiger partial charge in [0.1, 0.15) is 17.9 Å². The van der Waals surface area contributed by atoms with Crippen LogP contribution in [0, 0.1) is 41.4 Å². The summed E-state index contributed by atoms with van der Waals surface area (Å²) < 4.78 is 29.0. The number of anilines is 1. The number of hydrogen-bond donors (Lipinski definition) is 8. The van der Waals surface area contributed by atoms with Crippen molar-refractivity contribution < 1.29 is 106 Å². The number of rotatable bonds is 30. The van der Waals surface area contributed by atoms with E-state index >= 15 is 0 Å². The third kappa shape index (κ3) is 28.9. The molecule has 1 saturated heterocycles. The van der Waals surface area contributed by atoms with Gasteiger partial charge in [0.05, 0.1) is 80.6 Å². The zero-order valence-electron chi connectivity index (χ0n) is 62.1. The van der Waals surface area contributed by atoms with Crippen LogP contribution in [-0.4, -0.2) is 236 Å². The van der Waals surface area contributed by atoms with Crippen molar-refractivity contribution in [3.8, 4) is 5.75 Å². The third-order valence-corrected chi connectivity index (χ3v) is 18.6. The van der Waals surface area contributed by atoms with Crippen LogP contribution in [-0.2, 0) is 92.5 Å². The van der Waals surface area contributed by atoms with E-state index < -0.39 is 144 Å². The zero-order valence-corrected chi connectivity index (χ0v) is 62.1. The summed E-state index contributed by atoms with van der Waals surface area (Å²) in [5.41, 5.74) is -0.0118. The van der Waals surface area contributed by atoms with Gasteiger partial charge in [0.2, 0.25) is 35.4 Å². The number of nitrogens with one attached hydrogen (secondary N) is 5. The number of esters is 1. The van der Waals surface area contributed by atoms with E-state index in [1.54, 1.807) is 23.8 Å². The van der Waals surface area contributed by atoms with Crippen LogP contribution < -0.4 is 31.3 Å². The third-order valence-electron chi connectivity index (χ3n) is 18.6. The summed E-state index contributed by atoms with van der Waals surface area (Å²) in [4.78, 5) is 193. The average Bonchev–Trinajstić information content (AvgIpc) is 1.80. The van der Waals surface area contributed by atoms with Gasteiger partial charge in [0, 0.05) is 115 Å². The van der Waals surface area contributed by atoms with Gasteiger partial charge in [-0.3, -0.25) is 62.4 Å². The number of methoxy groups -OCH3 is 2. The highest BCUT2D eigenvalue weighted by atomic mass is 16.5. The van der Waals surface area contributed by atoms with Crippen LogP contribution in [0.15, 0.2) is 54.8 Å². The standard InChI is InChI=1S/C73H110N8O22/c1-16-43(6)68(80(13)72(96)50(41(2)3)39-56(85)67(42(4)5)79(11)12)58(99-14)40-61(88)81-30-17-19-52(81)69(100-15)46(9)54(83)38-49(73(97)98)36-48-22-23-57-51(37-48)77-70(94)44(7)35-55(84)47(10)76-60(87)27-32-101-31-18-20-53(82)65(75-45(8)21-25-62(89)90)66(78-59(86)24-26-63(91)92)71(95)74-29-34-102-33-28-64(93)103-57/h21-26,37,41-44,46-47,49-50,52,58,65-69,75H,8,16-20,27-36,38-40H2,1-7,9-15H3,(H,74,95)(H,76,87)(H,77,94)(H,78,86)(H,89,90)(H,91,92)(H,97,98)/b25-21-,26-24-/t43-,44+,46-,47-,49+,50-,52-,58+,65?,66?,67-,68-,69+/m0/s1. The lowest BCUT2D eigenvalue weighted by Gasteiger charge is -2.41. The lowest BCUT2D eigenvalue weighted by atomic mass is 9.83. The molecule has 0 radical (unpaired) electrons. The molecule has 30 heteroatoms. The molecule has 6 amide bonds. The van der Waals surface area contributed by atoms with Crippen molar-refractivity contribution in [3.63, 3.8) is 0 Å². The predicted molar refractivity (Wildman–Crippen MR) is 378 cm³/mol. The molecule has 2 aliphatic rings. The molecule has 13 atom stereocenters. The number of carbonyl (C=O) groups is 14. The molecule has 1 aromatic carbocycles. The maximum atomic E-state index is 14.6. The molecule has 0 aromatic heterocycles. The first-order chi connectivity index (χ1) is 48.5. The number of ketones is 4. The fourth-order valence-corrected chi connectivity index (χ4v) is 12.9. The molecular formula is C73H110N8O22. The van der Waals surface area contributed by atoms with Crippen LogP contribution in [0.5, 0.6) is 5.75 Å². The second-order valence-corrected chi connectivity index (χ2v) is 27.4. The van der Waals surface area contributed by atoms with Crippen LogP contribution in [0.25, 0.3) is 0 Å². The monoisotopic (exact) mass is 1450 g/mol. The van der Waals surface area contributed by atoms with E-state index in [2.05, 4.69) is 33.2 Å². The Bertz CT molecular complexity index is 3200. The smallest absolute Gasteiger partial charge is 0.328 e. The molecule has 2 unspecified atom stereocenters. The number of nitrogens with zero attached hydrogens (tertiary/aromatic N) is 3. The number of benzene rings is 1. The SMILES string of the molecule is C=C(/C=C\C(=O)O)NC1C(=O)CCCOCCC(=O)N[C@@H](C)C(=O)C[C@@H](C)C(=O)Nc2cc(C[C@H](CC(=O)[C@H](C)[C@@H](OC)[C@@H]3CCCN3C(=O)C[C@@H](OC)[C@H]([C@@H](C)CC)N(C)C(=O)[C@@H](CC(=O)[C@H](C(C)C)N(C)C)C(C)C)C(=O)O)ccc2OC(=O)CCOCCNC(=O)C1NC(=O)/C=C\C(=O)O. The van der Waals surface area contributed by atoms with Gasteiger partial charge in [-0.1, -0.05) is 74.5 Å². The molecule has 1 fully saturated rings. The van der Waals surface area contributed by atoms with Crippen molar-refractivity contribution in [2.24, 2.45) is 41.4 Å². The summed E-state index contributed by atoms with van der Waals surface area (Å²) in [6.07, 6.45) is 0.608. The number of fused-ring (bicyclic) bond motifs is 1. The number of ether oxygens (including phenoxy) is 5. The normalized spacial score (nSPS) is 21.6. The van der Waals surface area contributed by atoms with Gasteiger partial charge >= 0.3 is 23.9 Å². The highest BCUT2D eigenvalue weighted by Crippen LogP contribution is 2.34. The Balaban J connectivity index is 1.92. The average molecular weight is 1450 g/mol. The van der Waals surface area contributed by atoms with E-state index in [1.165, 1.54) is 46.3 Å². The van der Waals surface area contributed by atoms with E-state index in [0.29, 0.717) is 44.0 Å². The second kappa shape index (κ2) is 44.2. The minimum Gasteiger partial charge on any atom is -0.481 e. The lowest BCUT2D eigenvalue weighted by Crippen LogP contribution is -2.60. The van der Waals surface area contributed by atoms with E-state index in [0.717, 1.165) is 6.08 Å². The summed E-state index contributed by atoms with van der Waals surface area (Å²) >= 11 is 0. The number of aliphatic carboxylic acids is 3. The van der Waals surface area contributed by atoms with Crippen LogP contribution >= 0.6 is 0 Å². The van der Waals surface area contributed by atoms with Crippen molar-refractivity contribution in [2.75, 3.05) is 80.2 Å². The van der Waals surface area contributed by atoms with Gasteiger partial charge in [-0.25, -0.2) is 9.59 Å². The molecule has 574 valence electrons. The summed E-state index contributed by atoms with van der Waals surface area (Å²) in [7, 11) is 8.29. The van der Waals surface area contributed by atoms with Gasteiger partial charge in [-0.05, 0) is 88.2 Å². The number of amides is 6. The largest absolute Gasteiger partial charge is 0.481 e. The number of Topliss-reactive ketones (excluding diaryl/α,β-unsaturated/α-hetero) is 4. The number of hydrogen-bond acceptors (Lipinski definition) is 21. The Morgan fingerprint density at radius 1 is 0.748 bits per heavy atom. The van der Waals surface area contributed by atoms with Crippen molar-refractivity contribution >= 4 is 88.1 Å². The Morgan fingerprint density at radius 3 is 2.00 bits per heavy atom.